The van der Waals surface area contributed by atoms with E-state index in [-0.39, 0.29) is 11.3 Å². The molecule has 4 rings (SSSR count). The molecule has 29 heavy (non-hydrogen) atoms. The van der Waals surface area contributed by atoms with E-state index < -0.39 is 5.91 Å². The lowest BCUT2D eigenvalue weighted by molar-refractivity contribution is 0.0952. The lowest BCUT2D eigenvalue weighted by Gasteiger charge is -2.05. The van der Waals surface area contributed by atoms with E-state index in [1.165, 1.54) is 6.21 Å². The van der Waals surface area contributed by atoms with Crippen molar-refractivity contribution in [3.05, 3.63) is 87.5 Å². The maximum Gasteiger partial charge on any atom is 0.275 e. The molecule has 0 bridgehead atoms. The number of carbonyl (C=O) groups excluding carboxylic acids is 1. The van der Waals surface area contributed by atoms with Gasteiger partial charge in [0.15, 0.2) is 0 Å². The average molecular weight is 470 g/mol. The zero-order valence-electron chi connectivity index (χ0n) is 14.9. The number of aromatic hydroxyl groups is 1. The summed E-state index contributed by atoms with van der Waals surface area (Å²) in [6.07, 6.45) is 1.39. The number of fused-ring (bicyclic) bond motifs is 1. The molecule has 1 heterocycles. The molecule has 4 aromatic rings. The highest BCUT2D eigenvalue weighted by Gasteiger charge is 2.12. The number of hydrogen-bond donors (Lipinski definition) is 2. The summed E-state index contributed by atoms with van der Waals surface area (Å²) in [5.74, 6) is 0.459. The minimum absolute atomic E-state index is 0.108. The van der Waals surface area contributed by atoms with E-state index in [0.29, 0.717) is 16.5 Å². The van der Waals surface area contributed by atoms with E-state index in [1.54, 1.807) is 30.3 Å². The lowest BCUT2D eigenvalue weighted by Crippen LogP contribution is -2.17. The monoisotopic (exact) mass is 468 g/mol. The van der Waals surface area contributed by atoms with Gasteiger partial charge in [0.2, 0.25) is 0 Å². The van der Waals surface area contributed by atoms with Crippen molar-refractivity contribution in [1.29, 1.82) is 0 Å². The molecule has 0 aliphatic rings. The molecule has 0 saturated carbocycles. The fourth-order valence-corrected chi connectivity index (χ4v) is 3.28. The van der Waals surface area contributed by atoms with Crippen LogP contribution < -0.4 is 5.43 Å². The Labute approximate surface area is 179 Å². The van der Waals surface area contributed by atoms with Crippen LogP contribution in [0.25, 0.3) is 22.1 Å². The van der Waals surface area contributed by atoms with Crippen LogP contribution in [-0.2, 0) is 0 Å². The molecule has 3 aromatic carbocycles. The van der Waals surface area contributed by atoms with Crippen molar-refractivity contribution in [2.45, 2.75) is 0 Å². The van der Waals surface area contributed by atoms with E-state index in [0.717, 1.165) is 20.8 Å². The van der Waals surface area contributed by atoms with E-state index in [1.807, 2.05) is 36.4 Å². The second kappa shape index (κ2) is 8.11. The third-order valence-corrected chi connectivity index (χ3v) is 5.53. The Balaban J connectivity index is 1.48. The van der Waals surface area contributed by atoms with Crippen LogP contribution in [0.4, 0.5) is 0 Å². The summed E-state index contributed by atoms with van der Waals surface area (Å²) in [6.45, 7) is 0. The van der Waals surface area contributed by atoms with Crippen molar-refractivity contribution in [2.24, 2.45) is 5.10 Å². The van der Waals surface area contributed by atoms with Gasteiger partial charge in [-0.1, -0.05) is 41.9 Å². The number of hydrogen-bond acceptors (Lipinski definition) is 4. The topological polar surface area (TPSA) is 74.8 Å². The van der Waals surface area contributed by atoms with E-state index in [9.17, 15) is 9.90 Å². The number of nitrogens with one attached hydrogen (secondary N) is 1. The third kappa shape index (κ3) is 4.18. The summed E-state index contributed by atoms with van der Waals surface area (Å²) in [4.78, 5) is 12.4. The molecule has 0 aliphatic carbocycles. The number of hydrazone groups is 1. The van der Waals surface area contributed by atoms with E-state index in [2.05, 4.69) is 26.5 Å². The van der Waals surface area contributed by atoms with Crippen LogP contribution in [0.3, 0.4) is 0 Å². The van der Waals surface area contributed by atoms with Crippen LogP contribution in [0.1, 0.15) is 16.1 Å². The van der Waals surface area contributed by atoms with Crippen LogP contribution in [0.15, 0.2) is 80.7 Å². The zero-order chi connectivity index (χ0) is 20.4. The Morgan fingerprint density at radius 3 is 2.59 bits per heavy atom. The summed E-state index contributed by atoms with van der Waals surface area (Å²) in [5.41, 5.74) is 3.37. The largest absolute Gasteiger partial charge is 0.507 e. The molecule has 1 amide bonds. The van der Waals surface area contributed by atoms with Gasteiger partial charge in [0, 0.05) is 10.0 Å². The maximum absolute atomic E-state index is 12.4. The Morgan fingerprint density at radius 2 is 1.83 bits per heavy atom. The highest BCUT2D eigenvalue weighted by atomic mass is 79.9. The number of phenols is 1. The number of benzene rings is 3. The highest BCUT2D eigenvalue weighted by Crippen LogP contribution is 2.29. The third-order valence-electron chi connectivity index (χ3n) is 4.30. The minimum atomic E-state index is -0.518. The second-order valence-corrected chi connectivity index (χ2v) is 7.51. The zero-order valence-corrected chi connectivity index (χ0v) is 17.2. The Kier molecular flexibility index (Phi) is 5.38. The average Bonchev–Trinajstić information content (AvgIpc) is 3.18. The van der Waals surface area contributed by atoms with Crippen LogP contribution in [0.2, 0.25) is 5.02 Å². The number of furan rings is 1. The van der Waals surface area contributed by atoms with Crippen LogP contribution in [-0.4, -0.2) is 17.2 Å². The van der Waals surface area contributed by atoms with Crippen molar-refractivity contribution < 1.29 is 14.3 Å². The standard InChI is InChI=1S/C22H14BrClN2O3/c23-18-7-5-15(10-19(18)24)21-8-6-16(29-21)12-25-26-22(28)17-9-13-3-1-2-4-14(13)11-20(17)27/h1-12,27H,(H,26,28). The first-order valence-corrected chi connectivity index (χ1v) is 9.79. The number of halogens is 2. The Bertz CT molecular complexity index is 1250. The van der Waals surface area contributed by atoms with Gasteiger partial charge in [-0.3, -0.25) is 4.79 Å². The van der Waals surface area contributed by atoms with E-state index >= 15 is 0 Å². The lowest BCUT2D eigenvalue weighted by atomic mass is 10.1. The first kappa shape index (κ1) is 19.2. The van der Waals surface area contributed by atoms with Gasteiger partial charge in [-0.15, -0.1) is 0 Å². The Morgan fingerprint density at radius 1 is 1.07 bits per heavy atom. The van der Waals surface area contributed by atoms with Crippen LogP contribution >= 0.6 is 27.5 Å². The molecular weight excluding hydrogens is 456 g/mol. The molecule has 0 fully saturated rings. The number of phenolic OH excluding ortho intramolecular Hbond substituents is 1. The van der Waals surface area contributed by atoms with Gasteiger partial charge in [-0.05, 0) is 63.1 Å². The molecule has 0 radical (unpaired) electrons. The summed E-state index contributed by atoms with van der Waals surface area (Å²) in [5, 5.41) is 16.3. The predicted molar refractivity (Wildman–Crippen MR) is 118 cm³/mol. The molecule has 0 unspecified atom stereocenters. The van der Waals surface area contributed by atoms with Gasteiger partial charge < -0.3 is 9.52 Å². The first-order chi connectivity index (χ1) is 14.0. The number of carbonyl (C=O) groups is 1. The van der Waals surface area contributed by atoms with Crippen molar-refractivity contribution in [3.8, 4) is 17.1 Å². The van der Waals surface area contributed by atoms with Gasteiger partial charge in [0.1, 0.15) is 17.3 Å². The molecular formula is C22H14BrClN2O3. The van der Waals surface area contributed by atoms with E-state index in [4.69, 9.17) is 16.0 Å². The number of rotatable bonds is 4. The SMILES string of the molecule is O=C(NN=Cc1ccc(-c2ccc(Br)c(Cl)c2)o1)c1cc2ccccc2cc1O. The smallest absolute Gasteiger partial charge is 0.275 e. The van der Waals surface area contributed by atoms with Gasteiger partial charge in [0.05, 0.1) is 16.8 Å². The van der Waals surface area contributed by atoms with Gasteiger partial charge >= 0.3 is 0 Å². The minimum Gasteiger partial charge on any atom is -0.507 e. The number of amides is 1. The first-order valence-electron chi connectivity index (χ1n) is 8.62. The predicted octanol–water partition coefficient (Wildman–Crippen LogP) is 5.99. The Hall–Kier alpha value is -3.09. The molecule has 5 nitrogen and oxygen atoms in total. The fourth-order valence-electron chi connectivity index (χ4n) is 2.85. The second-order valence-electron chi connectivity index (χ2n) is 6.25. The summed E-state index contributed by atoms with van der Waals surface area (Å²) in [6, 6.07) is 19.7. The van der Waals surface area contributed by atoms with Crippen LogP contribution in [0.5, 0.6) is 5.75 Å². The fraction of sp³-hybridized carbons (Fsp3) is 0. The molecule has 0 saturated heterocycles. The molecule has 7 heteroatoms. The summed E-state index contributed by atoms with van der Waals surface area (Å²) < 4.78 is 6.51. The van der Waals surface area contributed by atoms with Gasteiger partial charge in [-0.2, -0.15) is 5.10 Å². The molecule has 0 spiro atoms. The van der Waals surface area contributed by atoms with Crippen molar-refractivity contribution in [2.75, 3.05) is 0 Å². The molecule has 0 atom stereocenters. The van der Waals surface area contributed by atoms with Crippen molar-refractivity contribution >= 4 is 50.4 Å². The maximum atomic E-state index is 12.4. The summed E-state index contributed by atoms with van der Waals surface area (Å²) >= 11 is 9.46. The summed E-state index contributed by atoms with van der Waals surface area (Å²) in [7, 11) is 0. The normalized spacial score (nSPS) is 11.2. The van der Waals surface area contributed by atoms with Crippen molar-refractivity contribution in [1.82, 2.24) is 5.43 Å². The number of nitrogens with zero attached hydrogens (tertiary/aromatic N) is 1. The highest BCUT2D eigenvalue weighted by molar-refractivity contribution is 9.10. The van der Waals surface area contributed by atoms with Gasteiger partial charge in [0.25, 0.3) is 5.91 Å². The quantitative estimate of drug-likeness (QED) is 0.285. The molecule has 0 aliphatic heterocycles. The molecule has 144 valence electrons. The van der Waals surface area contributed by atoms with Gasteiger partial charge in [-0.25, -0.2) is 5.43 Å². The van der Waals surface area contributed by atoms with Crippen molar-refractivity contribution in [3.63, 3.8) is 0 Å². The molecule has 2 N–H and O–H groups in total. The van der Waals surface area contributed by atoms with Crippen LogP contribution in [0, 0.1) is 0 Å². The molecule has 1 aromatic heterocycles.